The molecule has 0 amide bonds. The molecule has 1 aromatic rings. The van der Waals surface area contributed by atoms with Gasteiger partial charge in [-0.25, -0.2) is 0 Å². The maximum absolute atomic E-state index is 3.74. The molecule has 0 bridgehead atoms. The van der Waals surface area contributed by atoms with Crippen LogP contribution in [0.2, 0.25) is 0 Å². The first-order valence-electron chi connectivity index (χ1n) is 7.10. The highest BCUT2D eigenvalue weighted by Crippen LogP contribution is 2.21. The van der Waals surface area contributed by atoms with Crippen molar-refractivity contribution in [1.82, 2.24) is 0 Å². The summed E-state index contributed by atoms with van der Waals surface area (Å²) in [5, 5.41) is 3.44. The third kappa shape index (κ3) is 3.80. The lowest BCUT2D eigenvalue weighted by molar-refractivity contribution is 0.578. The fourth-order valence-electron chi connectivity index (χ4n) is 2.42. The number of anilines is 2. The molecule has 2 nitrogen and oxygen atoms in total. The second-order valence-corrected chi connectivity index (χ2v) is 4.95. The average molecular weight is 244 g/mol. The zero-order valence-corrected chi connectivity index (χ0v) is 11.2. The minimum atomic E-state index is 1.02. The molecular weight excluding hydrogens is 220 g/mol. The molecule has 98 valence electrons. The van der Waals surface area contributed by atoms with Gasteiger partial charge in [0.1, 0.15) is 0 Å². The summed E-state index contributed by atoms with van der Waals surface area (Å²) in [6.45, 7) is 7.19. The van der Waals surface area contributed by atoms with Gasteiger partial charge in [0, 0.05) is 31.0 Å². The monoisotopic (exact) mass is 244 g/mol. The summed E-state index contributed by atoms with van der Waals surface area (Å²) in [5.74, 6) is 0. The maximum Gasteiger partial charge on any atom is 0.0367 e. The van der Waals surface area contributed by atoms with E-state index in [1.54, 1.807) is 0 Å². The van der Waals surface area contributed by atoms with Crippen molar-refractivity contribution in [3.63, 3.8) is 0 Å². The molecule has 0 aliphatic carbocycles. The van der Waals surface area contributed by atoms with Crippen LogP contribution in [-0.2, 0) is 0 Å². The van der Waals surface area contributed by atoms with Gasteiger partial charge in [-0.1, -0.05) is 6.08 Å². The molecule has 2 rings (SSSR count). The average Bonchev–Trinajstić information content (AvgIpc) is 2.45. The second-order valence-electron chi connectivity index (χ2n) is 4.95. The molecule has 0 saturated carbocycles. The fraction of sp³-hybridized carbons (Fsp3) is 0.500. The van der Waals surface area contributed by atoms with E-state index < -0.39 is 0 Å². The van der Waals surface area contributed by atoms with Crippen LogP contribution < -0.4 is 10.2 Å². The molecule has 0 unspecified atom stereocenters. The lowest BCUT2D eigenvalue weighted by Crippen LogP contribution is -2.29. The summed E-state index contributed by atoms with van der Waals surface area (Å²) in [7, 11) is 0. The smallest absolute Gasteiger partial charge is 0.0367 e. The van der Waals surface area contributed by atoms with Crippen molar-refractivity contribution in [2.75, 3.05) is 29.9 Å². The number of piperidine rings is 1. The predicted molar refractivity (Wildman–Crippen MR) is 80.4 cm³/mol. The Morgan fingerprint density at radius 3 is 2.50 bits per heavy atom. The predicted octanol–water partition coefficient (Wildman–Crippen LogP) is 4.06. The van der Waals surface area contributed by atoms with Crippen molar-refractivity contribution in [3.8, 4) is 0 Å². The Labute approximate surface area is 111 Å². The van der Waals surface area contributed by atoms with Gasteiger partial charge in [-0.15, -0.1) is 6.58 Å². The minimum Gasteiger partial charge on any atom is -0.385 e. The van der Waals surface area contributed by atoms with E-state index in [0.29, 0.717) is 0 Å². The third-order valence-electron chi connectivity index (χ3n) is 3.50. The van der Waals surface area contributed by atoms with Crippen molar-refractivity contribution in [2.45, 2.75) is 32.1 Å². The molecule has 0 atom stereocenters. The minimum absolute atomic E-state index is 1.02. The van der Waals surface area contributed by atoms with Gasteiger partial charge in [0.25, 0.3) is 0 Å². The van der Waals surface area contributed by atoms with E-state index in [2.05, 4.69) is 41.1 Å². The molecule has 18 heavy (non-hydrogen) atoms. The highest BCUT2D eigenvalue weighted by atomic mass is 15.1. The van der Waals surface area contributed by atoms with Gasteiger partial charge in [-0.05, 0) is 56.4 Å². The van der Waals surface area contributed by atoms with E-state index >= 15 is 0 Å². The van der Waals surface area contributed by atoms with Gasteiger partial charge < -0.3 is 10.2 Å². The van der Waals surface area contributed by atoms with Gasteiger partial charge >= 0.3 is 0 Å². The molecule has 2 heteroatoms. The van der Waals surface area contributed by atoms with Crippen molar-refractivity contribution < 1.29 is 0 Å². The van der Waals surface area contributed by atoms with Gasteiger partial charge in [-0.3, -0.25) is 0 Å². The van der Waals surface area contributed by atoms with Crippen molar-refractivity contribution in [1.29, 1.82) is 0 Å². The number of allylic oxidation sites excluding steroid dienone is 1. The maximum atomic E-state index is 3.74. The molecule has 1 fully saturated rings. The quantitative estimate of drug-likeness (QED) is 0.600. The van der Waals surface area contributed by atoms with Crippen LogP contribution in [0, 0.1) is 0 Å². The van der Waals surface area contributed by atoms with Crippen LogP contribution in [0.5, 0.6) is 0 Å². The Morgan fingerprint density at radius 1 is 1.11 bits per heavy atom. The summed E-state index contributed by atoms with van der Waals surface area (Å²) in [6, 6.07) is 8.86. The number of unbranched alkanes of at least 4 members (excludes halogenated alkanes) is 1. The number of rotatable bonds is 6. The van der Waals surface area contributed by atoms with E-state index in [1.807, 2.05) is 6.08 Å². The van der Waals surface area contributed by atoms with Crippen LogP contribution in [-0.4, -0.2) is 19.6 Å². The Bertz CT molecular complexity index is 350. The molecule has 0 aromatic heterocycles. The topological polar surface area (TPSA) is 15.3 Å². The molecule has 1 aliphatic heterocycles. The lowest BCUT2D eigenvalue weighted by Gasteiger charge is -2.28. The van der Waals surface area contributed by atoms with E-state index in [-0.39, 0.29) is 0 Å². The van der Waals surface area contributed by atoms with Crippen LogP contribution in [0.15, 0.2) is 36.9 Å². The first kappa shape index (κ1) is 13.0. The van der Waals surface area contributed by atoms with Crippen molar-refractivity contribution in [3.05, 3.63) is 36.9 Å². The highest BCUT2D eigenvalue weighted by molar-refractivity contribution is 5.55. The first-order chi connectivity index (χ1) is 8.90. The van der Waals surface area contributed by atoms with Crippen LogP contribution >= 0.6 is 0 Å². The Morgan fingerprint density at radius 2 is 1.83 bits per heavy atom. The second kappa shape index (κ2) is 7.10. The largest absolute Gasteiger partial charge is 0.385 e. The number of hydrogen-bond acceptors (Lipinski definition) is 2. The molecular formula is C16H24N2. The van der Waals surface area contributed by atoms with E-state index in [9.17, 15) is 0 Å². The molecule has 1 aromatic carbocycles. The Hall–Kier alpha value is -1.44. The Balaban J connectivity index is 1.82. The SMILES string of the molecule is C=CCCCNc1ccc(N2CCCCC2)cc1. The summed E-state index contributed by atoms with van der Waals surface area (Å²) in [6.07, 6.45) is 8.26. The number of nitrogens with one attached hydrogen (secondary N) is 1. The fourth-order valence-corrected chi connectivity index (χ4v) is 2.42. The van der Waals surface area contributed by atoms with Gasteiger partial charge in [0.2, 0.25) is 0 Å². The van der Waals surface area contributed by atoms with E-state index in [4.69, 9.17) is 0 Å². The molecule has 1 heterocycles. The summed E-state index contributed by atoms with van der Waals surface area (Å²) in [5.41, 5.74) is 2.59. The van der Waals surface area contributed by atoms with Crippen molar-refractivity contribution >= 4 is 11.4 Å². The molecule has 0 radical (unpaired) electrons. The van der Waals surface area contributed by atoms with Crippen LogP contribution in [0.3, 0.4) is 0 Å². The zero-order valence-electron chi connectivity index (χ0n) is 11.2. The first-order valence-corrected chi connectivity index (χ1v) is 7.10. The van der Waals surface area contributed by atoms with Gasteiger partial charge in [0.05, 0.1) is 0 Å². The highest BCUT2D eigenvalue weighted by Gasteiger charge is 2.10. The normalized spacial score (nSPS) is 15.4. The zero-order chi connectivity index (χ0) is 12.6. The standard InChI is InChI=1S/C16H24N2/c1-2-3-5-12-17-15-8-10-16(11-9-15)18-13-6-4-7-14-18/h2,8-11,17H,1,3-7,12-14H2. The Kier molecular flexibility index (Phi) is 5.13. The van der Waals surface area contributed by atoms with Crippen LogP contribution in [0.25, 0.3) is 0 Å². The molecule has 1 saturated heterocycles. The van der Waals surface area contributed by atoms with E-state index in [1.165, 1.54) is 43.7 Å². The number of hydrogen-bond donors (Lipinski definition) is 1. The summed E-state index contributed by atoms with van der Waals surface area (Å²) >= 11 is 0. The van der Waals surface area contributed by atoms with Gasteiger partial charge in [0.15, 0.2) is 0 Å². The number of benzene rings is 1. The lowest BCUT2D eigenvalue weighted by atomic mass is 10.1. The molecule has 1 aliphatic rings. The van der Waals surface area contributed by atoms with Crippen LogP contribution in [0.1, 0.15) is 32.1 Å². The summed E-state index contributed by atoms with van der Waals surface area (Å²) < 4.78 is 0. The third-order valence-corrected chi connectivity index (χ3v) is 3.50. The van der Waals surface area contributed by atoms with Crippen molar-refractivity contribution in [2.24, 2.45) is 0 Å². The summed E-state index contributed by atoms with van der Waals surface area (Å²) in [4.78, 5) is 2.49. The van der Waals surface area contributed by atoms with E-state index in [0.717, 1.165) is 19.4 Å². The van der Waals surface area contributed by atoms with Crippen LogP contribution in [0.4, 0.5) is 11.4 Å². The van der Waals surface area contributed by atoms with Gasteiger partial charge in [-0.2, -0.15) is 0 Å². The number of nitrogens with zero attached hydrogens (tertiary/aromatic N) is 1. The molecule has 0 spiro atoms. The molecule has 1 N–H and O–H groups in total.